The standard InChI is InChI=1S/C34H43N9O3/c1-21-10-24-12-30(37-21)28-16-36-40(2)33(28)46-19-23-5-4-22(11-23)17-43-31-13-25(6-7-29(31)38-34(43)39-32(24)44)41-8-9-42(26-14-35-15-26)27(18-41)20-45-3/h6-7,10,12-13,16,22-23,26-27,35H,4-5,8-9,11,14-15,17-20H2,1-3H3,(H,38,39,44)/t22-,23+,27+/m1/s1. The summed E-state index contributed by atoms with van der Waals surface area (Å²) < 4.78 is 16.1. The molecular weight excluding hydrogens is 582 g/mol. The summed E-state index contributed by atoms with van der Waals surface area (Å²) >= 11 is 0. The van der Waals surface area contributed by atoms with E-state index in [4.69, 9.17) is 19.4 Å². The Morgan fingerprint density at radius 2 is 1.93 bits per heavy atom. The Labute approximate surface area is 269 Å². The zero-order chi connectivity index (χ0) is 31.4. The monoisotopic (exact) mass is 625 g/mol. The third kappa shape index (κ3) is 5.41. The van der Waals surface area contributed by atoms with E-state index < -0.39 is 0 Å². The van der Waals surface area contributed by atoms with Gasteiger partial charge in [0, 0.05) is 76.4 Å². The Bertz CT molecular complexity index is 1760. The molecule has 12 nitrogen and oxygen atoms in total. The van der Waals surface area contributed by atoms with E-state index in [-0.39, 0.29) is 5.91 Å². The van der Waals surface area contributed by atoms with Crippen molar-refractivity contribution in [3.63, 3.8) is 0 Å². The van der Waals surface area contributed by atoms with E-state index >= 15 is 0 Å². The van der Waals surface area contributed by atoms with Crippen LogP contribution in [-0.2, 0) is 18.3 Å². The van der Waals surface area contributed by atoms with Crippen LogP contribution in [0.4, 0.5) is 11.6 Å². The summed E-state index contributed by atoms with van der Waals surface area (Å²) in [5.74, 6) is 1.97. The van der Waals surface area contributed by atoms with Gasteiger partial charge >= 0.3 is 0 Å². The highest BCUT2D eigenvalue weighted by atomic mass is 16.5. The fourth-order valence-corrected chi connectivity index (χ4v) is 7.86. The quantitative estimate of drug-likeness (QED) is 0.353. The summed E-state index contributed by atoms with van der Waals surface area (Å²) in [6.45, 7) is 9.04. The van der Waals surface area contributed by atoms with Crippen LogP contribution < -0.4 is 20.3 Å². The van der Waals surface area contributed by atoms with Crippen LogP contribution in [0.1, 0.15) is 35.3 Å². The Kier molecular flexibility index (Phi) is 7.66. The van der Waals surface area contributed by atoms with Crippen LogP contribution in [0.3, 0.4) is 0 Å². The van der Waals surface area contributed by atoms with Crippen molar-refractivity contribution < 1.29 is 14.3 Å². The number of carbonyl (C=O) groups excluding carboxylic acids is 1. The molecule has 12 heteroatoms. The van der Waals surface area contributed by atoms with Gasteiger partial charge in [-0.1, -0.05) is 0 Å². The average Bonchev–Trinajstić information content (AvgIpc) is 3.72. The van der Waals surface area contributed by atoms with Crippen LogP contribution in [0.2, 0.25) is 0 Å². The molecule has 242 valence electrons. The topological polar surface area (TPSA) is 115 Å². The Hall–Kier alpha value is -4.00. The lowest BCUT2D eigenvalue weighted by atomic mass is 10.0. The van der Waals surface area contributed by atoms with E-state index in [2.05, 4.69) is 48.3 Å². The molecule has 3 aliphatic heterocycles. The van der Waals surface area contributed by atoms with E-state index in [9.17, 15) is 4.79 Å². The molecule has 2 saturated heterocycles. The molecule has 1 aliphatic carbocycles. The molecule has 8 rings (SSSR count). The number of imidazole rings is 1. The lowest BCUT2D eigenvalue weighted by Gasteiger charge is -2.48. The second-order valence-electron chi connectivity index (χ2n) is 13.5. The van der Waals surface area contributed by atoms with Crippen LogP contribution in [-0.4, -0.2) is 100 Å². The molecule has 1 amide bonds. The summed E-state index contributed by atoms with van der Waals surface area (Å²) in [7, 11) is 3.68. The van der Waals surface area contributed by atoms with E-state index in [0.717, 1.165) is 80.8 Å². The number of piperazine rings is 1. The van der Waals surface area contributed by atoms with Crippen molar-refractivity contribution in [3.05, 3.63) is 47.8 Å². The molecule has 46 heavy (non-hydrogen) atoms. The van der Waals surface area contributed by atoms with Gasteiger partial charge in [-0.15, -0.1) is 0 Å². The number of aromatic nitrogens is 5. The molecule has 0 radical (unpaired) electrons. The van der Waals surface area contributed by atoms with Crippen LogP contribution in [0, 0.1) is 18.8 Å². The number of hydrogen-bond donors (Lipinski definition) is 2. The van der Waals surface area contributed by atoms with Crippen molar-refractivity contribution >= 4 is 28.6 Å². The minimum Gasteiger partial charge on any atom is -0.477 e. The number of nitrogens with one attached hydrogen (secondary N) is 2. The van der Waals surface area contributed by atoms with Crippen molar-refractivity contribution in [2.24, 2.45) is 18.9 Å². The van der Waals surface area contributed by atoms with Crippen LogP contribution in [0.25, 0.3) is 22.3 Å². The highest BCUT2D eigenvalue weighted by Gasteiger charge is 2.35. The third-order valence-corrected chi connectivity index (χ3v) is 10.4. The first-order valence-corrected chi connectivity index (χ1v) is 16.6. The van der Waals surface area contributed by atoms with E-state index in [1.807, 2.05) is 26.1 Å². The van der Waals surface area contributed by atoms with Gasteiger partial charge in [-0.25, -0.2) is 9.67 Å². The first kappa shape index (κ1) is 29.4. The van der Waals surface area contributed by atoms with Gasteiger partial charge in [0.1, 0.15) is 0 Å². The van der Waals surface area contributed by atoms with Crippen LogP contribution >= 0.6 is 0 Å². The number of hydrogen-bond acceptors (Lipinski definition) is 9. The molecule has 3 aromatic heterocycles. The molecule has 6 heterocycles. The molecule has 0 spiro atoms. The zero-order valence-corrected chi connectivity index (χ0v) is 26.9. The SMILES string of the molecule is COC[C@@H]1CN(c2ccc3nc4n(c3c2)C[C@@H]2CC[C@H](COc3c(cnn3C)-c3cc(cc(C)n3)C(=O)N4)C2)CCN1C1CNC1. The number of aryl methyl sites for hydroxylation is 2. The maximum absolute atomic E-state index is 13.8. The van der Waals surface area contributed by atoms with E-state index in [1.54, 1.807) is 18.0 Å². The van der Waals surface area contributed by atoms with Gasteiger partial charge < -0.3 is 24.3 Å². The molecule has 3 atom stereocenters. The number of pyridine rings is 1. The molecule has 1 saturated carbocycles. The molecule has 4 aromatic rings. The summed E-state index contributed by atoms with van der Waals surface area (Å²) in [4.78, 5) is 28.7. The molecule has 4 aliphatic rings. The predicted molar refractivity (Wildman–Crippen MR) is 176 cm³/mol. The number of benzene rings is 1. The summed E-state index contributed by atoms with van der Waals surface area (Å²) in [5.41, 5.74) is 5.86. The van der Waals surface area contributed by atoms with Crippen molar-refractivity contribution in [2.75, 3.05) is 63.3 Å². The Morgan fingerprint density at radius 3 is 2.76 bits per heavy atom. The second kappa shape index (κ2) is 12.0. The molecule has 3 fully saturated rings. The number of anilines is 2. The highest BCUT2D eigenvalue weighted by molar-refractivity contribution is 6.05. The van der Waals surface area contributed by atoms with Gasteiger partial charge in [-0.3, -0.25) is 20.0 Å². The van der Waals surface area contributed by atoms with Gasteiger partial charge in [0.25, 0.3) is 5.91 Å². The fraction of sp³-hybridized carbons (Fsp3) is 0.529. The van der Waals surface area contributed by atoms with Gasteiger partial charge in [0.05, 0.1) is 47.7 Å². The minimum absolute atomic E-state index is 0.210. The minimum atomic E-state index is -0.210. The summed E-state index contributed by atoms with van der Waals surface area (Å²) in [6, 6.07) is 11.1. The largest absolute Gasteiger partial charge is 0.477 e. The number of nitrogens with zero attached hydrogens (tertiary/aromatic N) is 7. The predicted octanol–water partition coefficient (Wildman–Crippen LogP) is 3.31. The van der Waals surface area contributed by atoms with Crippen LogP contribution in [0.5, 0.6) is 5.88 Å². The average molecular weight is 626 g/mol. The fourth-order valence-electron chi connectivity index (χ4n) is 7.86. The number of fused-ring (bicyclic) bond motifs is 9. The zero-order valence-electron chi connectivity index (χ0n) is 26.9. The van der Waals surface area contributed by atoms with E-state index in [0.29, 0.717) is 60.2 Å². The Morgan fingerprint density at radius 1 is 1.07 bits per heavy atom. The number of ether oxygens (including phenoxy) is 2. The van der Waals surface area contributed by atoms with Gasteiger partial charge in [-0.2, -0.15) is 5.10 Å². The molecular formula is C34H43N9O3. The Balaban J connectivity index is 1.15. The maximum Gasteiger partial charge on any atom is 0.258 e. The highest BCUT2D eigenvalue weighted by Crippen LogP contribution is 2.37. The first-order chi connectivity index (χ1) is 22.4. The number of amides is 1. The maximum atomic E-state index is 13.8. The lowest BCUT2D eigenvalue weighted by molar-refractivity contribution is 0.0341. The molecule has 1 aromatic carbocycles. The molecule has 4 bridgehead atoms. The summed E-state index contributed by atoms with van der Waals surface area (Å²) in [5, 5.41) is 11.1. The smallest absolute Gasteiger partial charge is 0.258 e. The summed E-state index contributed by atoms with van der Waals surface area (Å²) in [6.07, 6.45) is 5.04. The van der Waals surface area contributed by atoms with Crippen molar-refractivity contribution in [2.45, 2.75) is 44.8 Å². The first-order valence-electron chi connectivity index (χ1n) is 16.6. The number of rotatable bonds is 4. The van der Waals surface area contributed by atoms with Crippen molar-refractivity contribution in [3.8, 4) is 17.1 Å². The second-order valence-corrected chi connectivity index (χ2v) is 13.5. The molecule has 0 unspecified atom stereocenters. The van der Waals surface area contributed by atoms with Gasteiger partial charge in [0.2, 0.25) is 11.8 Å². The number of methoxy groups -OCH3 is 1. The van der Waals surface area contributed by atoms with Crippen molar-refractivity contribution in [1.29, 1.82) is 0 Å². The van der Waals surface area contributed by atoms with E-state index in [1.165, 1.54) is 5.69 Å². The number of carbonyl (C=O) groups is 1. The normalized spacial score (nSPS) is 24.0. The van der Waals surface area contributed by atoms with Crippen molar-refractivity contribution in [1.82, 2.24) is 34.5 Å². The van der Waals surface area contributed by atoms with Gasteiger partial charge in [-0.05, 0) is 68.4 Å². The molecule has 2 N–H and O–H groups in total. The van der Waals surface area contributed by atoms with Crippen LogP contribution in [0.15, 0.2) is 36.5 Å². The van der Waals surface area contributed by atoms with Gasteiger partial charge in [0.15, 0.2) is 0 Å². The third-order valence-electron chi connectivity index (χ3n) is 10.4. The lowest BCUT2D eigenvalue weighted by Crippen LogP contribution is -2.66.